The molecule has 0 atom stereocenters. The van der Waals surface area contributed by atoms with Crippen LogP contribution in [0.4, 0.5) is 5.69 Å². The summed E-state index contributed by atoms with van der Waals surface area (Å²) in [7, 11) is -3.64. The molecule has 1 amide bonds. The molecule has 2 aromatic carbocycles. The first kappa shape index (κ1) is 23.1. The Bertz CT molecular complexity index is 922. The quantitative estimate of drug-likeness (QED) is 0.650. The van der Waals surface area contributed by atoms with Gasteiger partial charge >= 0.3 is 0 Å². The lowest BCUT2D eigenvalue weighted by atomic mass is 9.97. The van der Waals surface area contributed by atoms with E-state index in [-0.39, 0.29) is 23.5 Å². The average Bonchev–Trinajstić information content (AvgIpc) is 2.76. The number of nitrogens with zero attached hydrogens (tertiary/aromatic N) is 1. The van der Waals surface area contributed by atoms with Crippen LogP contribution in [0.1, 0.15) is 51.9 Å². The van der Waals surface area contributed by atoms with Crippen LogP contribution in [0, 0.1) is 0 Å². The summed E-state index contributed by atoms with van der Waals surface area (Å²) in [5.74, 6) is 0.418. The number of sulfonamides is 1. The number of benzene rings is 2. The van der Waals surface area contributed by atoms with Crippen LogP contribution < -0.4 is 14.4 Å². The van der Waals surface area contributed by atoms with Gasteiger partial charge in [0.25, 0.3) is 15.9 Å². The maximum absolute atomic E-state index is 12.9. The SMILES string of the molecule is CCN(c1ccc(OCC(=O)NC2CCCCCCC2)cc1)S(=O)(=O)c1ccccc1. The van der Waals surface area contributed by atoms with Crippen LogP contribution in [0.2, 0.25) is 0 Å². The minimum Gasteiger partial charge on any atom is -0.484 e. The molecule has 6 nitrogen and oxygen atoms in total. The number of carbonyl (C=O) groups excluding carboxylic acids is 1. The minimum atomic E-state index is -3.64. The molecule has 0 aliphatic heterocycles. The highest BCUT2D eigenvalue weighted by atomic mass is 32.2. The fourth-order valence-electron chi connectivity index (χ4n) is 3.94. The van der Waals surface area contributed by atoms with E-state index < -0.39 is 10.0 Å². The van der Waals surface area contributed by atoms with Crippen LogP contribution in [-0.4, -0.2) is 33.5 Å². The number of rotatable bonds is 8. The Balaban J connectivity index is 1.57. The van der Waals surface area contributed by atoms with Gasteiger partial charge in [0.1, 0.15) is 5.75 Å². The van der Waals surface area contributed by atoms with E-state index in [1.807, 2.05) is 0 Å². The van der Waals surface area contributed by atoms with E-state index in [1.165, 1.54) is 23.6 Å². The predicted octanol–water partition coefficient (Wildman–Crippen LogP) is 4.51. The molecule has 7 heteroatoms. The van der Waals surface area contributed by atoms with Crippen molar-refractivity contribution in [3.05, 3.63) is 54.6 Å². The summed E-state index contributed by atoms with van der Waals surface area (Å²) in [5.41, 5.74) is 0.553. The molecule has 0 radical (unpaired) electrons. The molecule has 1 aliphatic rings. The highest BCUT2D eigenvalue weighted by Gasteiger charge is 2.23. The van der Waals surface area contributed by atoms with Crippen LogP contribution in [0.25, 0.3) is 0 Å². The van der Waals surface area contributed by atoms with Crippen LogP contribution in [0.3, 0.4) is 0 Å². The van der Waals surface area contributed by atoms with E-state index in [2.05, 4.69) is 5.32 Å². The lowest BCUT2D eigenvalue weighted by Crippen LogP contribution is -2.38. The summed E-state index contributed by atoms with van der Waals surface area (Å²) in [6, 6.07) is 15.4. The van der Waals surface area contributed by atoms with Crippen molar-refractivity contribution in [3.8, 4) is 5.75 Å². The molecule has 0 spiro atoms. The molecular formula is C24H32N2O4S. The second kappa shape index (κ2) is 11.2. The molecule has 1 N–H and O–H groups in total. The summed E-state index contributed by atoms with van der Waals surface area (Å²) >= 11 is 0. The van der Waals surface area contributed by atoms with Crippen LogP contribution in [0.15, 0.2) is 59.5 Å². The van der Waals surface area contributed by atoms with Crippen molar-refractivity contribution in [1.82, 2.24) is 5.32 Å². The molecular weight excluding hydrogens is 412 g/mol. The van der Waals surface area contributed by atoms with E-state index >= 15 is 0 Å². The number of carbonyl (C=O) groups is 1. The second-order valence-electron chi connectivity index (χ2n) is 7.87. The molecule has 3 rings (SSSR count). The summed E-state index contributed by atoms with van der Waals surface area (Å²) < 4.78 is 32.9. The van der Waals surface area contributed by atoms with Gasteiger partial charge in [-0.05, 0) is 56.2 Å². The van der Waals surface area contributed by atoms with Crippen molar-refractivity contribution in [2.24, 2.45) is 0 Å². The molecule has 168 valence electrons. The van der Waals surface area contributed by atoms with Gasteiger partial charge in [-0.15, -0.1) is 0 Å². The van der Waals surface area contributed by atoms with Crippen molar-refractivity contribution in [2.75, 3.05) is 17.5 Å². The van der Waals surface area contributed by atoms with Gasteiger partial charge in [-0.3, -0.25) is 9.10 Å². The van der Waals surface area contributed by atoms with Gasteiger partial charge in [0.05, 0.1) is 10.6 Å². The number of amides is 1. The summed E-state index contributed by atoms with van der Waals surface area (Å²) in [6.45, 7) is 2.06. The first-order valence-electron chi connectivity index (χ1n) is 11.1. The van der Waals surface area contributed by atoms with Gasteiger partial charge in [-0.25, -0.2) is 8.42 Å². The molecule has 0 aromatic heterocycles. The number of anilines is 1. The molecule has 0 bridgehead atoms. The second-order valence-corrected chi connectivity index (χ2v) is 9.74. The minimum absolute atomic E-state index is 0.0460. The molecule has 0 heterocycles. The molecule has 1 saturated carbocycles. The van der Waals surface area contributed by atoms with E-state index in [9.17, 15) is 13.2 Å². The first-order valence-corrected chi connectivity index (χ1v) is 12.5. The van der Waals surface area contributed by atoms with Crippen molar-refractivity contribution in [2.45, 2.75) is 62.8 Å². The van der Waals surface area contributed by atoms with Crippen molar-refractivity contribution >= 4 is 21.6 Å². The average molecular weight is 445 g/mol. The molecule has 0 unspecified atom stereocenters. The Kier molecular flexibility index (Phi) is 8.35. The van der Waals surface area contributed by atoms with E-state index in [1.54, 1.807) is 61.5 Å². The maximum atomic E-state index is 12.9. The fourth-order valence-corrected chi connectivity index (χ4v) is 5.43. The first-order chi connectivity index (χ1) is 15.0. The molecule has 1 fully saturated rings. The van der Waals surface area contributed by atoms with E-state index in [4.69, 9.17) is 4.74 Å². The topological polar surface area (TPSA) is 75.7 Å². The summed E-state index contributed by atoms with van der Waals surface area (Å²) in [4.78, 5) is 12.5. The van der Waals surface area contributed by atoms with Crippen molar-refractivity contribution in [3.63, 3.8) is 0 Å². The molecule has 1 aliphatic carbocycles. The highest BCUT2D eigenvalue weighted by Crippen LogP contribution is 2.25. The van der Waals surface area contributed by atoms with Crippen LogP contribution in [-0.2, 0) is 14.8 Å². The smallest absolute Gasteiger partial charge is 0.264 e. The van der Waals surface area contributed by atoms with Gasteiger partial charge in [-0.2, -0.15) is 0 Å². The molecule has 2 aromatic rings. The number of ether oxygens (including phenoxy) is 1. The van der Waals surface area contributed by atoms with Crippen molar-refractivity contribution < 1.29 is 17.9 Å². The van der Waals surface area contributed by atoms with Gasteiger partial charge in [0.15, 0.2) is 6.61 Å². The maximum Gasteiger partial charge on any atom is 0.264 e. The zero-order valence-electron chi connectivity index (χ0n) is 18.1. The van der Waals surface area contributed by atoms with Gasteiger partial charge in [0.2, 0.25) is 0 Å². The lowest BCUT2D eigenvalue weighted by molar-refractivity contribution is -0.123. The Labute approximate surface area is 185 Å². The Hall–Kier alpha value is -2.54. The normalized spacial score (nSPS) is 15.5. The predicted molar refractivity (Wildman–Crippen MR) is 123 cm³/mol. The Morgan fingerprint density at radius 1 is 0.968 bits per heavy atom. The van der Waals surface area contributed by atoms with Crippen LogP contribution >= 0.6 is 0 Å². The van der Waals surface area contributed by atoms with Gasteiger partial charge in [-0.1, -0.05) is 50.3 Å². The third-order valence-corrected chi connectivity index (χ3v) is 7.50. The fraction of sp³-hybridized carbons (Fsp3) is 0.458. The number of nitrogens with one attached hydrogen (secondary N) is 1. The van der Waals surface area contributed by atoms with E-state index in [0.717, 1.165) is 25.7 Å². The third-order valence-electron chi connectivity index (χ3n) is 5.58. The zero-order chi connectivity index (χ0) is 22.1. The summed E-state index contributed by atoms with van der Waals surface area (Å²) in [5, 5.41) is 3.08. The Morgan fingerprint density at radius 3 is 2.19 bits per heavy atom. The highest BCUT2D eigenvalue weighted by molar-refractivity contribution is 7.92. The zero-order valence-corrected chi connectivity index (χ0v) is 18.9. The largest absolute Gasteiger partial charge is 0.484 e. The standard InChI is InChI=1S/C24H32N2O4S/c1-2-26(31(28,29)23-13-9-6-10-14-23)21-15-17-22(18-16-21)30-19-24(27)25-20-11-7-4-3-5-8-12-20/h6,9-10,13-18,20H,2-5,7-8,11-12,19H2,1H3,(H,25,27). The van der Waals surface area contributed by atoms with Gasteiger partial charge < -0.3 is 10.1 Å². The molecule has 31 heavy (non-hydrogen) atoms. The van der Waals surface area contributed by atoms with E-state index in [0.29, 0.717) is 18.0 Å². The number of hydrogen-bond acceptors (Lipinski definition) is 4. The van der Waals surface area contributed by atoms with Crippen LogP contribution in [0.5, 0.6) is 5.75 Å². The third kappa shape index (κ3) is 6.47. The van der Waals surface area contributed by atoms with Crippen molar-refractivity contribution in [1.29, 1.82) is 0 Å². The number of hydrogen-bond donors (Lipinski definition) is 1. The summed E-state index contributed by atoms with van der Waals surface area (Å²) in [6.07, 6.45) is 8.16. The lowest BCUT2D eigenvalue weighted by Gasteiger charge is -2.23. The van der Waals surface area contributed by atoms with Gasteiger partial charge in [0, 0.05) is 12.6 Å². The Morgan fingerprint density at radius 2 is 1.58 bits per heavy atom. The molecule has 0 saturated heterocycles. The monoisotopic (exact) mass is 444 g/mol.